The topological polar surface area (TPSA) is 89.0 Å². The van der Waals surface area contributed by atoms with Gasteiger partial charge in [-0.25, -0.2) is 4.98 Å². The number of carbonyl (C=O) groups excluding carboxylic acids is 2. The van der Waals surface area contributed by atoms with Gasteiger partial charge < -0.3 is 14.6 Å². The van der Waals surface area contributed by atoms with Crippen molar-refractivity contribution in [3.63, 3.8) is 0 Å². The van der Waals surface area contributed by atoms with Gasteiger partial charge in [-0.15, -0.1) is 0 Å². The summed E-state index contributed by atoms with van der Waals surface area (Å²) in [6.45, 7) is 6.51. The van der Waals surface area contributed by atoms with Crippen molar-refractivity contribution in [2.75, 3.05) is 18.6 Å². The second kappa shape index (κ2) is 10.3. The standard InChI is InChI=1S/C30H28N2O5S/c1-5-12-37-22-11-7-9-20(16-22)27(33)24-26(19-8-6-10-21(15-19)36-4)32(29(35)28(24)34)30-31-25-18(3)13-17(2)14-23(25)38-30/h6-11,13-16,26,33H,5,12H2,1-4H3/b27-24+. The third-order valence-electron chi connectivity index (χ3n) is 6.46. The molecule has 1 amide bonds. The van der Waals surface area contributed by atoms with Gasteiger partial charge in [0.15, 0.2) is 5.13 Å². The second-order valence-electron chi connectivity index (χ2n) is 9.25. The number of ether oxygens (including phenoxy) is 2. The fraction of sp³-hybridized carbons (Fsp3) is 0.233. The van der Waals surface area contributed by atoms with Gasteiger partial charge in [0.2, 0.25) is 0 Å². The lowest BCUT2D eigenvalue weighted by molar-refractivity contribution is -0.132. The number of Topliss-reactive ketones (excluding diaryl/α,β-unsaturated/α-hetero) is 1. The largest absolute Gasteiger partial charge is 0.507 e. The molecule has 194 valence electrons. The maximum atomic E-state index is 13.6. The van der Waals surface area contributed by atoms with Gasteiger partial charge in [0, 0.05) is 5.56 Å². The Labute approximate surface area is 225 Å². The highest BCUT2D eigenvalue weighted by molar-refractivity contribution is 7.22. The maximum Gasteiger partial charge on any atom is 0.301 e. The van der Waals surface area contributed by atoms with Crippen LogP contribution >= 0.6 is 11.3 Å². The Kier molecular flexibility index (Phi) is 6.91. The molecule has 38 heavy (non-hydrogen) atoms. The van der Waals surface area contributed by atoms with E-state index in [1.807, 2.05) is 39.0 Å². The highest BCUT2D eigenvalue weighted by atomic mass is 32.1. The summed E-state index contributed by atoms with van der Waals surface area (Å²) in [5, 5.41) is 11.9. The number of hydrogen-bond acceptors (Lipinski definition) is 7. The van der Waals surface area contributed by atoms with E-state index in [0.29, 0.717) is 34.4 Å². The first-order valence-corrected chi connectivity index (χ1v) is 13.2. The molecule has 1 unspecified atom stereocenters. The Balaban J connectivity index is 1.71. The molecule has 2 heterocycles. The lowest BCUT2D eigenvalue weighted by Gasteiger charge is -2.23. The smallest absolute Gasteiger partial charge is 0.301 e. The van der Waals surface area contributed by atoms with E-state index in [0.717, 1.165) is 27.8 Å². The van der Waals surface area contributed by atoms with Gasteiger partial charge in [-0.1, -0.05) is 48.6 Å². The van der Waals surface area contributed by atoms with Crippen LogP contribution in [0.25, 0.3) is 16.0 Å². The summed E-state index contributed by atoms with van der Waals surface area (Å²) >= 11 is 1.34. The maximum absolute atomic E-state index is 13.6. The molecular formula is C30H28N2O5S. The quantitative estimate of drug-likeness (QED) is 0.171. The van der Waals surface area contributed by atoms with E-state index in [-0.39, 0.29) is 11.3 Å². The minimum Gasteiger partial charge on any atom is -0.507 e. The molecule has 1 atom stereocenters. The van der Waals surface area contributed by atoms with Crippen molar-refractivity contribution in [2.45, 2.75) is 33.2 Å². The number of nitrogens with zero attached hydrogens (tertiary/aromatic N) is 2. The third kappa shape index (κ3) is 4.52. The van der Waals surface area contributed by atoms with Gasteiger partial charge in [-0.2, -0.15) is 0 Å². The summed E-state index contributed by atoms with van der Waals surface area (Å²) < 4.78 is 12.1. The van der Waals surface area contributed by atoms with Crippen LogP contribution in [0, 0.1) is 13.8 Å². The summed E-state index contributed by atoms with van der Waals surface area (Å²) in [5.74, 6) is -0.652. The lowest BCUT2D eigenvalue weighted by Crippen LogP contribution is -2.29. The highest BCUT2D eigenvalue weighted by Gasteiger charge is 2.48. The second-order valence-corrected chi connectivity index (χ2v) is 10.3. The van der Waals surface area contributed by atoms with Gasteiger partial charge >= 0.3 is 5.91 Å². The summed E-state index contributed by atoms with van der Waals surface area (Å²) in [5.41, 5.74) is 3.85. The molecule has 1 saturated heterocycles. The molecule has 4 aromatic rings. The van der Waals surface area contributed by atoms with Crippen molar-refractivity contribution in [1.29, 1.82) is 0 Å². The first-order chi connectivity index (χ1) is 18.3. The number of thiazole rings is 1. The average Bonchev–Trinajstić information content (AvgIpc) is 3.45. The molecular weight excluding hydrogens is 500 g/mol. The predicted molar refractivity (Wildman–Crippen MR) is 149 cm³/mol. The zero-order chi connectivity index (χ0) is 27.0. The van der Waals surface area contributed by atoms with Crippen LogP contribution in [0.15, 0.2) is 66.2 Å². The Morgan fingerprint density at radius 2 is 1.82 bits per heavy atom. The number of methoxy groups -OCH3 is 1. The van der Waals surface area contributed by atoms with Gasteiger partial charge in [0.05, 0.1) is 35.5 Å². The van der Waals surface area contributed by atoms with Crippen LogP contribution in [0.4, 0.5) is 5.13 Å². The monoisotopic (exact) mass is 528 g/mol. The molecule has 0 radical (unpaired) electrons. The number of aryl methyl sites for hydroxylation is 2. The third-order valence-corrected chi connectivity index (χ3v) is 7.46. The summed E-state index contributed by atoms with van der Waals surface area (Å²) in [4.78, 5) is 33.3. The molecule has 0 aliphatic carbocycles. The first kappa shape index (κ1) is 25.5. The normalized spacial score (nSPS) is 16.8. The fourth-order valence-electron chi connectivity index (χ4n) is 4.73. The van der Waals surface area contributed by atoms with Crippen LogP contribution in [-0.2, 0) is 9.59 Å². The molecule has 1 aromatic heterocycles. The van der Waals surface area contributed by atoms with E-state index < -0.39 is 17.7 Å². The molecule has 0 spiro atoms. The number of aliphatic hydroxyl groups excluding tert-OH is 1. The highest BCUT2D eigenvalue weighted by Crippen LogP contribution is 2.45. The fourth-order valence-corrected chi connectivity index (χ4v) is 5.90. The van der Waals surface area contributed by atoms with Crippen molar-refractivity contribution in [3.8, 4) is 11.5 Å². The van der Waals surface area contributed by atoms with E-state index in [2.05, 4.69) is 0 Å². The number of hydrogen-bond donors (Lipinski definition) is 1. The molecule has 5 rings (SSSR count). The zero-order valence-electron chi connectivity index (χ0n) is 21.6. The minimum absolute atomic E-state index is 0.0111. The number of benzene rings is 3. The summed E-state index contributed by atoms with van der Waals surface area (Å²) in [7, 11) is 1.55. The molecule has 8 heteroatoms. The number of aliphatic hydroxyl groups is 1. The van der Waals surface area contributed by atoms with Crippen LogP contribution in [0.3, 0.4) is 0 Å². The number of anilines is 1. The van der Waals surface area contributed by atoms with Gasteiger partial charge in [-0.3, -0.25) is 14.5 Å². The number of amides is 1. The van der Waals surface area contributed by atoms with Crippen molar-refractivity contribution >= 4 is 44.1 Å². The Hall–Kier alpha value is -4.17. The van der Waals surface area contributed by atoms with Crippen molar-refractivity contribution < 1.29 is 24.2 Å². The molecule has 1 N–H and O–H groups in total. The number of fused-ring (bicyclic) bond motifs is 1. The summed E-state index contributed by atoms with van der Waals surface area (Å²) in [6.07, 6.45) is 0.832. The van der Waals surface area contributed by atoms with Gasteiger partial charge in [0.25, 0.3) is 5.78 Å². The number of carbonyl (C=O) groups is 2. The summed E-state index contributed by atoms with van der Waals surface area (Å²) in [6, 6.07) is 17.2. The Morgan fingerprint density at radius 1 is 1.05 bits per heavy atom. The lowest BCUT2D eigenvalue weighted by atomic mass is 9.95. The molecule has 1 aliphatic heterocycles. The molecule has 1 fully saturated rings. The van der Waals surface area contributed by atoms with E-state index in [1.165, 1.54) is 16.2 Å². The number of rotatable bonds is 7. The number of aromatic nitrogens is 1. The zero-order valence-corrected chi connectivity index (χ0v) is 22.5. The number of ketones is 1. The molecule has 7 nitrogen and oxygen atoms in total. The van der Waals surface area contributed by atoms with Crippen LogP contribution in [0.5, 0.6) is 11.5 Å². The van der Waals surface area contributed by atoms with E-state index in [4.69, 9.17) is 14.5 Å². The van der Waals surface area contributed by atoms with E-state index in [9.17, 15) is 14.7 Å². The minimum atomic E-state index is -0.896. The SMILES string of the molecule is CCCOc1cccc(/C(O)=C2\C(=O)C(=O)N(c3nc4c(C)cc(C)cc4s3)C2c2cccc(OC)c2)c1. The Bertz CT molecular complexity index is 1590. The van der Waals surface area contributed by atoms with E-state index in [1.54, 1.807) is 49.6 Å². The van der Waals surface area contributed by atoms with Crippen LogP contribution in [0.2, 0.25) is 0 Å². The van der Waals surface area contributed by atoms with Crippen LogP contribution in [0.1, 0.15) is 41.6 Å². The first-order valence-electron chi connectivity index (χ1n) is 12.4. The molecule has 0 bridgehead atoms. The van der Waals surface area contributed by atoms with Crippen LogP contribution in [-0.4, -0.2) is 35.5 Å². The molecule has 0 saturated carbocycles. The van der Waals surface area contributed by atoms with Gasteiger partial charge in [-0.05, 0) is 67.3 Å². The molecule has 3 aromatic carbocycles. The Morgan fingerprint density at radius 3 is 2.58 bits per heavy atom. The van der Waals surface area contributed by atoms with E-state index >= 15 is 0 Å². The van der Waals surface area contributed by atoms with Crippen LogP contribution < -0.4 is 14.4 Å². The molecule has 1 aliphatic rings. The van der Waals surface area contributed by atoms with Crippen molar-refractivity contribution in [3.05, 3.63) is 88.5 Å². The van der Waals surface area contributed by atoms with Crippen molar-refractivity contribution in [2.24, 2.45) is 0 Å². The predicted octanol–water partition coefficient (Wildman–Crippen LogP) is 6.34. The average molecular weight is 529 g/mol. The van der Waals surface area contributed by atoms with Crippen molar-refractivity contribution in [1.82, 2.24) is 4.98 Å². The van der Waals surface area contributed by atoms with Gasteiger partial charge in [0.1, 0.15) is 17.3 Å².